The van der Waals surface area contributed by atoms with Crippen molar-refractivity contribution < 1.29 is 19.1 Å². The van der Waals surface area contributed by atoms with Gasteiger partial charge >= 0.3 is 5.97 Å². The lowest BCUT2D eigenvalue weighted by molar-refractivity contribution is -0.148. The second-order valence-corrected chi connectivity index (χ2v) is 5.48. The van der Waals surface area contributed by atoms with Gasteiger partial charge in [0.1, 0.15) is 0 Å². The van der Waals surface area contributed by atoms with Gasteiger partial charge in [-0.25, -0.2) is 0 Å². The number of amides is 2. The van der Waals surface area contributed by atoms with Gasteiger partial charge in [-0.2, -0.15) is 0 Å². The Labute approximate surface area is 133 Å². The van der Waals surface area contributed by atoms with E-state index in [1.807, 2.05) is 0 Å². The number of nitrogens with two attached hydrogens (primary N) is 1. The predicted molar refractivity (Wildman–Crippen MR) is 85.0 cm³/mol. The highest BCUT2D eigenvalue weighted by Gasteiger charge is 2.07. The minimum Gasteiger partial charge on any atom is -0.456 e. The zero-order valence-electron chi connectivity index (χ0n) is 13.7. The first-order valence-electron chi connectivity index (χ1n) is 8.27. The average Bonchev–Trinajstić information content (AvgIpc) is 2.49. The molecule has 0 radical (unpaired) electrons. The number of rotatable bonds is 14. The zero-order valence-corrected chi connectivity index (χ0v) is 13.7. The van der Waals surface area contributed by atoms with Gasteiger partial charge in [0, 0.05) is 6.42 Å². The fraction of sp³-hybridized carbons (Fsp3) is 0.812. The first kappa shape index (κ1) is 20.4. The molecular weight excluding hydrogens is 284 g/mol. The third-order valence-electron chi connectivity index (χ3n) is 3.31. The first-order valence-corrected chi connectivity index (χ1v) is 8.27. The summed E-state index contributed by atoms with van der Waals surface area (Å²) in [5.74, 6) is -1.52. The van der Waals surface area contributed by atoms with Crippen molar-refractivity contribution in [3.05, 3.63) is 0 Å². The molecule has 0 heterocycles. The van der Waals surface area contributed by atoms with Crippen LogP contribution in [0.25, 0.3) is 0 Å². The number of unbranched alkanes of at least 4 members (excludes halogenated alkanes) is 8. The molecule has 2 amide bonds. The third kappa shape index (κ3) is 14.8. The van der Waals surface area contributed by atoms with Gasteiger partial charge in [0.25, 0.3) is 5.91 Å². The normalized spacial score (nSPS) is 10.2. The molecule has 0 aromatic rings. The molecule has 0 fully saturated rings. The summed E-state index contributed by atoms with van der Waals surface area (Å²) in [6.07, 6.45) is 11.0. The number of hydrogen-bond acceptors (Lipinski definition) is 4. The van der Waals surface area contributed by atoms with Crippen molar-refractivity contribution in [2.75, 3.05) is 13.2 Å². The SMILES string of the molecule is CCCCCCCCCCCC(=O)OCC(=O)NCC(N)=O. The second-order valence-electron chi connectivity index (χ2n) is 5.48. The molecule has 3 N–H and O–H groups in total. The molecule has 128 valence electrons. The molecule has 0 unspecified atom stereocenters. The molecule has 0 saturated carbocycles. The van der Waals surface area contributed by atoms with Crippen LogP contribution in [0.15, 0.2) is 0 Å². The summed E-state index contributed by atoms with van der Waals surface area (Å²) in [5.41, 5.74) is 4.87. The number of hydrogen-bond donors (Lipinski definition) is 2. The van der Waals surface area contributed by atoms with Crippen LogP contribution in [0.5, 0.6) is 0 Å². The fourth-order valence-electron chi connectivity index (χ4n) is 2.03. The van der Waals surface area contributed by atoms with Crippen LogP contribution in [0, 0.1) is 0 Å². The summed E-state index contributed by atoms with van der Waals surface area (Å²) in [5, 5.41) is 2.25. The van der Waals surface area contributed by atoms with Gasteiger partial charge in [0.15, 0.2) is 6.61 Å². The van der Waals surface area contributed by atoms with Crippen LogP contribution in [0.4, 0.5) is 0 Å². The summed E-state index contributed by atoms with van der Waals surface area (Å²) < 4.78 is 4.81. The van der Waals surface area contributed by atoms with Gasteiger partial charge in [0.2, 0.25) is 5.91 Å². The van der Waals surface area contributed by atoms with E-state index < -0.39 is 11.8 Å². The molecule has 22 heavy (non-hydrogen) atoms. The van der Waals surface area contributed by atoms with Crippen LogP contribution >= 0.6 is 0 Å². The van der Waals surface area contributed by atoms with E-state index in [1.54, 1.807) is 0 Å². The number of ether oxygens (including phenoxy) is 1. The third-order valence-corrected chi connectivity index (χ3v) is 3.31. The maximum Gasteiger partial charge on any atom is 0.306 e. The van der Waals surface area contributed by atoms with Crippen molar-refractivity contribution in [2.45, 2.75) is 71.1 Å². The lowest BCUT2D eigenvalue weighted by Gasteiger charge is -2.05. The summed E-state index contributed by atoms with van der Waals surface area (Å²) in [6.45, 7) is 1.61. The van der Waals surface area contributed by atoms with Crippen molar-refractivity contribution in [2.24, 2.45) is 5.73 Å². The van der Waals surface area contributed by atoms with E-state index in [1.165, 1.54) is 38.5 Å². The molecule has 6 nitrogen and oxygen atoms in total. The largest absolute Gasteiger partial charge is 0.456 e. The Morgan fingerprint density at radius 2 is 1.45 bits per heavy atom. The molecule has 0 aromatic carbocycles. The van der Waals surface area contributed by atoms with Crippen LogP contribution in [-0.4, -0.2) is 30.9 Å². The highest BCUT2D eigenvalue weighted by Crippen LogP contribution is 2.10. The molecule has 0 atom stereocenters. The van der Waals surface area contributed by atoms with Crippen LogP contribution in [0.1, 0.15) is 71.1 Å². The molecule has 0 rings (SSSR count). The molecule has 0 spiro atoms. The molecule has 0 saturated heterocycles. The van der Waals surface area contributed by atoms with Crippen molar-refractivity contribution in [1.29, 1.82) is 0 Å². The Bertz CT molecular complexity index is 332. The number of esters is 1. The quantitative estimate of drug-likeness (QED) is 0.378. The maximum atomic E-state index is 11.4. The van der Waals surface area contributed by atoms with Gasteiger partial charge in [-0.3, -0.25) is 14.4 Å². The van der Waals surface area contributed by atoms with Gasteiger partial charge in [-0.15, -0.1) is 0 Å². The zero-order chi connectivity index (χ0) is 16.6. The summed E-state index contributed by atoms with van der Waals surface area (Å²) >= 11 is 0. The van der Waals surface area contributed by atoms with E-state index in [4.69, 9.17) is 10.5 Å². The minimum atomic E-state index is -0.630. The Kier molecular flexibility index (Phi) is 13.3. The number of nitrogens with one attached hydrogen (secondary N) is 1. The lowest BCUT2D eigenvalue weighted by Crippen LogP contribution is -2.35. The lowest BCUT2D eigenvalue weighted by atomic mass is 10.1. The van der Waals surface area contributed by atoms with Crippen molar-refractivity contribution in [1.82, 2.24) is 5.32 Å². The molecule has 0 aromatic heterocycles. The number of carbonyl (C=O) groups excluding carboxylic acids is 3. The monoisotopic (exact) mass is 314 g/mol. The van der Waals surface area contributed by atoms with E-state index in [-0.39, 0.29) is 19.1 Å². The topological polar surface area (TPSA) is 98.5 Å². The molecule has 0 aliphatic carbocycles. The molecular formula is C16H30N2O4. The van der Waals surface area contributed by atoms with Crippen LogP contribution in [0.3, 0.4) is 0 Å². The fourth-order valence-corrected chi connectivity index (χ4v) is 2.03. The van der Waals surface area contributed by atoms with E-state index in [9.17, 15) is 14.4 Å². The van der Waals surface area contributed by atoms with Crippen molar-refractivity contribution in [3.8, 4) is 0 Å². The second kappa shape index (κ2) is 14.4. The highest BCUT2D eigenvalue weighted by molar-refractivity contribution is 5.85. The van der Waals surface area contributed by atoms with E-state index in [2.05, 4.69) is 12.2 Å². The average molecular weight is 314 g/mol. The smallest absolute Gasteiger partial charge is 0.306 e. The predicted octanol–water partition coefficient (Wildman–Crippen LogP) is 2.05. The highest BCUT2D eigenvalue weighted by atomic mass is 16.5. The van der Waals surface area contributed by atoms with E-state index in [0.717, 1.165) is 19.3 Å². The summed E-state index contributed by atoms with van der Waals surface area (Å²) in [6, 6.07) is 0. The van der Waals surface area contributed by atoms with Gasteiger partial charge < -0.3 is 15.8 Å². The summed E-state index contributed by atoms with van der Waals surface area (Å²) in [4.78, 5) is 33.0. The Balaban J connectivity index is 3.35. The standard InChI is InChI=1S/C16H30N2O4/c1-2-3-4-5-6-7-8-9-10-11-16(21)22-13-15(20)18-12-14(17)19/h2-13H2,1H3,(H2,17,19)(H,18,20). The Morgan fingerprint density at radius 3 is 2.00 bits per heavy atom. The van der Waals surface area contributed by atoms with Crippen LogP contribution < -0.4 is 11.1 Å². The maximum absolute atomic E-state index is 11.4. The number of carbonyl (C=O) groups is 3. The molecule has 0 aliphatic rings. The van der Waals surface area contributed by atoms with Gasteiger partial charge in [-0.1, -0.05) is 58.3 Å². The van der Waals surface area contributed by atoms with Crippen molar-refractivity contribution in [3.63, 3.8) is 0 Å². The van der Waals surface area contributed by atoms with E-state index >= 15 is 0 Å². The first-order chi connectivity index (χ1) is 10.6. The van der Waals surface area contributed by atoms with E-state index in [0.29, 0.717) is 6.42 Å². The summed E-state index contributed by atoms with van der Waals surface area (Å²) in [7, 11) is 0. The minimum absolute atomic E-state index is 0.241. The Hall–Kier alpha value is -1.59. The van der Waals surface area contributed by atoms with Gasteiger partial charge in [-0.05, 0) is 6.42 Å². The van der Waals surface area contributed by atoms with Crippen LogP contribution in [0.2, 0.25) is 0 Å². The molecule has 6 heteroatoms. The van der Waals surface area contributed by atoms with Crippen molar-refractivity contribution >= 4 is 17.8 Å². The Morgan fingerprint density at radius 1 is 0.909 bits per heavy atom. The van der Waals surface area contributed by atoms with Gasteiger partial charge in [0.05, 0.1) is 6.54 Å². The number of primary amides is 1. The molecule has 0 bridgehead atoms. The molecule has 0 aliphatic heterocycles. The van der Waals surface area contributed by atoms with Crippen LogP contribution in [-0.2, 0) is 19.1 Å².